The molecule has 234 valence electrons. The molecule has 0 radical (unpaired) electrons. The molecule has 9 nitrogen and oxygen atoms in total. The van der Waals surface area contributed by atoms with Crippen LogP contribution in [-0.4, -0.2) is 76.4 Å². The second-order valence-electron chi connectivity index (χ2n) is 10.3. The molecule has 0 N–H and O–H groups in total. The number of hydrogen-bond acceptors (Lipinski definition) is 9. The van der Waals surface area contributed by atoms with Crippen molar-refractivity contribution in [3.8, 4) is 28.7 Å². The molecular formula is C34H41N3O6S. The van der Waals surface area contributed by atoms with Crippen molar-refractivity contribution in [2.24, 2.45) is 0 Å². The molecule has 44 heavy (non-hydrogen) atoms. The largest absolute Gasteiger partial charge is 0.497 e. The zero-order chi connectivity index (χ0) is 31.5. The number of carbonyl (C=O) groups excluding carboxylic acids is 1. The fraction of sp³-hybridized carbons (Fsp3) is 0.353. The summed E-state index contributed by atoms with van der Waals surface area (Å²) < 4.78 is 27.0. The smallest absolute Gasteiger partial charge is 0.273 e. The molecule has 10 heteroatoms. The molecule has 1 aromatic heterocycles. The van der Waals surface area contributed by atoms with E-state index in [2.05, 4.69) is 23.1 Å². The summed E-state index contributed by atoms with van der Waals surface area (Å²) in [6.45, 7) is 2.68. The van der Waals surface area contributed by atoms with Crippen LogP contribution in [0.1, 0.15) is 32.2 Å². The van der Waals surface area contributed by atoms with E-state index in [0.717, 1.165) is 41.4 Å². The summed E-state index contributed by atoms with van der Waals surface area (Å²) in [6, 6.07) is 19.9. The highest BCUT2D eigenvalue weighted by atomic mass is 32.1. The number of hydrogen-bond donors (Lipinski definition) is 0. The van der Waals surface area contributed by atoms with Gasteiger partial charge in [0, 0.05) is 32.1 Å². The van der Waals surface area contributed by atoms with Gasteiger partial charge in [-0.3, -0.25) is 9.69 Å². The van der Waals surface area contributed by atoms with Crippen LogP contribution in [0.5, 0.6) is 28.7 Å². The quantitative estimate of drug-likeness (QED) is 0.157. The second kappa shape index (κ2) is 16.0. The average molecular weight is 620 g/mol. The van der Waals surface area contributed by atoms with Crippen LogP contribution in [-0.2, 0) is 25.9 Å². The van der Waals surface area contributed by atoms with Gasteiger partial charge in [-0.15, -0.1) is 11.3 Å². The lowest BCUT2D eigenvalue weighted by molar-refractivity contribution is 0.0791. The molecule has 0 fully saturated rings. The molecule has 0 spiro atoms. The number of likely N-dealkylation sites (N-methyl/N-ethyl adjacent to an activating group) is 1. The summed E-state index contributed by atoms with van der Waals surface area (Å²) in [5.41, 5.74) is 3.84. The number of nitrogens with zero attached hydrogens (tertiary/aromatic N) is 3. The Labute approximate surface area is 263 Å². The molecule has 4 rings (SSSR count). The van der Waals surface area contributed by atoms with E-state index in [-0.39, 0.29) is 5.91 Å². The van der Waals surface area contributed by atoms with Gasteiger partial charge in [-0.2, -0.15) is 0 Å². The Kier molecular flexibility index (Phi) is 11.8. The van der Waals surface area contributed by atoms with Crippen molar-refractivity contribution in [1.29, 1.82) is 0 Å². The van der Waals surface area contributed by atoms with Gasteiger partial charge in [-0.25, -0.2) is 4.98 Å². The van der Waals surface area contributed by atoms with Crippen LogP contribution < -0.4 is 23.7 Å². The Morgan fingerprint density at radius 1 is 0.682 bits per heavy atom. The maximum absolute atomic E-state index is 13.2. The molecule has 0 saturated carbocycles. The Hall–Kier alpha value is -4.28. The van der Waals surface area contributed by atoms with Crippen molar-refractivity contribution in [2.45, 2.75) is 25.9 Å². The third kappa shape index (κ3) is 8.64. The van der Waals surface area contributed by atoms with Crippen molar-refractivity contribution in [1.82, 2.24) is 14.8 Å². The van der Waals surface area contributed by atoms with Gasteiger partial charge in [-0.1, -0.05) is 24.3 Å². The molecule has 0 bridgehead atoms. The van der Waals surface area contributed by atoms with Crippen LogP contribution in [0, 0.1) is 0 Å². The Morgan fingerprint density at radius 2 is 1.23 bits per heavy atom. The molecular weight excluding hydrogens is 578 g/mol. The summed E-state index contributed by atoms with van der Waals surface area (Å²) in [7, 11) is 9.98. The lowest BCUT2D eigenvalue weighted by Gasteiger charge is -2.22. The Balaban J connectivity index is 1.42. The topological polar surface area (TPSA) is 82.6 Å². The van der Waals surface area contributed by atoms with E-state index in [1.54, 1.807) is 47.5 Å². The Morgan fingerprint density at radius 3 is 1.77 bits per heavy atom. The van der Waals surface area contributed by atoms with Crippen LogP contribution in [0.2, 0.25) is 0 Å². The average Bonchev–Trinajstić information content (AvgIpc) is 3.54. The van der Waals surface area contributed by atoms with Gasteiger partial charge in [-0.05, 0) is 65.9 Å². The van der Waals surface area contributed by atoms with Gasteiger partial charge >= 0.3 is 0 Å². The summed E-state index contributed by atoms with van der Waals surface area (Å²) in [4.78, 5) is 22.0. The van der Waals surface area contributed by atoms with Crippen molar-refractivity contribution in [2.75, 3.05) is 55.7 Å². The van der Waals surface area contributed by atoms with Gasteiger partial charge in [0.1, 0.15) is 16.5 Å². The zero-order valence-electron chi connectivity index (χ0n) is 26.3. The van der Waals surface area contributed by atoms with E-state index < -0.39 is 0 Å². The molecule has 4 aromatic rings. The number of ether oxygens (including phenoxy) is 5. The second-order valence-corrected chi connectivity index (χ2v) is 11.2. The summed E-state index contributed by atoms with van der Waals surface area (Å²) in [5, 5.41) is 2.74. The summed E-state index contributed by atoms with van der Waals surface area (Å²) >= 11 is 1.51. The SMILES string of the molecule is COc1ccc(CN(CCc2ccc(OC)c(OC)c2)Cc2nc(C(=O)N(C)CCc3ccc(OC)c(OC)c3)cs2)cc1. The monoisotopic (exact) mass is 619 g/mol. The summed E-state index contributed by atoms with van der Waals surface area (Å²) in [5.74, 6) is 3.50. The van der Waals surface area contributed by atoms with Gasteiger partial charge in [0.25, 0.3) is 5.91 Å². The molecule has 1 heterocycles. The van der Waals surface area contributed by atoms with E-state index in [1.807, 2.05) is 47.8 Å². The molecule has 3 aromatic carbocycles. The van der Waals surface area contributed by atoms with Crippen molar-refractivity contribution in [3.05, 3.63) is 93.4 Å². The van der Waals surface area contributed by atoms with Crippen LogP contribution in [0.25, 0.3) is 0 Å². The zero-order valence-corrected chi connectivity index (χ0v) is 27.1. The molecule has 0 aliphatic rings. The van der Waals surface area contributed by atoms with E-state index in [0.29, 0.717) is 48.2 Å². The van der Waals surface area contributed by atoms with Crippen LogP contribution in [0.15, 0.2) is 66.0 Å². The van der Waals surface area contributed by atoms with Crippen molar-refractivity contribution < 1.29 is 28.5 Å². The van der Waals surface area contributed by atoms with Gasteiger partial charge in [0.15, 0.2) is 23.0 Å². The van der Waals surface area contributed by atoms with Gasteiger partial charge in [0.2, 0.25) is 0 Å². The van der Waals surface area contributed by atoms with Gasteiger partial charge in [0.05, 0.1) is 42.1 Å². The minimum atomic E-state index is -0.0972. The number of rotatable bonds is 16. The predicted octanol–water partition coefficient (Wildman–Crippen LogP) is 5.75. The minimum absolute atomic E-state index is 0.0972. The van der Waals surface area contributed by atoms with Gasteiger partial charge < -0.3 is 28.6 Å². The third-order valence-corrected chi connectivity index (χ3v) is 8.22. The standard InChI is InChI=1S/C34H41N3O6S/c1-36(17-15-24-9-13-29(40-3)31(19-24)42-5)34(38)28-23-44-33(35-28)22-37(21-26-7-11-27(39-2)12-8-26)18-16-25-10-14-30(41-4)32(20-25)43-6/h7-14,19-20,23H,15-18,21-22H2,1-6H3. The first-order valence-electron chi connectivity index (χ1n) is 14.3. The lowest BCUT2D eigenvalue weighted by Crippen LogP contribution is -2.29. The molecule has 0 aliphatic heterocycles. The van der Waals surface area contributed by atoms with E-state index in [1.165, 1.54) is 16.9 Å². The molecule has 0 unspecified atom stereocenters. The number of methoxy groups -OCH3 is 5. The van der Waals surface area contributed by atoms with E-state index in [4.69, 9.17) is 28.7 Å². The minimum Gasteiger partial charge on any atom is -0.497 e. The molecule has 0 atom stereocenters. The first kappa shape index (κ1) is 32.6. The van der Waals surface area contributed by atoms with Crippen molar-refractivity contribution in [3.63, 3.8) is 0 Å². The highest BCUT2D eigenvalue weighted by molar-refractivity contribution is 7.09. The summed E-state index contributed by atoms with van der Waals surface area (Å²) in [6.07, 6.45) is 1.50. The van der Waals surface area contributed by atoms with E-state index in [9.17, 15) is 4.79 Å². The number of aromatic nitrogens is 1. The number of thiazole rings is 1. The normalized spacial score (nSPS) is 10.9. The van der Waals surface area contributed by atoms with Crippen molar-refractivity contribution >= 4 is 17.2 Å². The number of benzene rings is 3. The predicted molar refractivity (Wildman–Crippen MR) is 173 cm³/mol. The number of amides is 1. The Bertz CT molecular complexity index is 1510. The van der Waals surface area contributed by atoms with Crippen LogP contribution >= 0.6 is 11.3 Å². The highest BCUT2D eigenvalue weighted by Crippen LogP contribution is 2.29. The van der Waals surface area contributed by atoms with E-state index >= 15 is 0 Å². The fourth-order valence-corrected chi connectivity index (χ4v) is 5.64. The third-order valence-electron chi connectivity index (χ3n) is 7.39. The maximum Gasteiger partial charge on any atom is 0.273 e. The number of carbonyl (C=O) groups is 1. The molecule has 0 saturated heterocycles. The first-order valence-corrected chi connectivity index (χ1v) is 15.2. The highest BCUT2D eigenvalue weighted by Gasteiger charge is 2.18. The fourth-order valence-electron chi connectivity index (χ4n) is 4.83. The lowest BCUT2D eigenvalue weighted by atomic mass is 10.1. The van der Waals surface area contributed by atoms with Crippen LogP contribution in [0.4, 0.5) is 0 Å². The maximum atomic E-state index is 13.2. The molecule has 1 amide bonds. The van der Waals surface area contributed by atoms with Crippen LogP contribution in [0.3, 0.4) is 0 Å². The first-order chi connectivity index (χ1) is 21.4. The molecule has 0 aliphatic carbocycles.